The Kier molecular flexibility index (Phi) is 3.70. The smallest absolute Gasteiger partial charge is 0.309 e. The molecule has 0 bridgehead atoms. The van der Waals surface area contributed by atoms with Crippen molar-refractivity contribution in [2.24, 2.45) is 0 Å². The first-order chi connectivity index (χ1) is 10.6. The van der Waals surface area contributed by atoms with Crippen molar-refractivity contribution in [2.75, 3.05) is 0 Å². The zero-order valence-electron chi connectivity index (χ0n) is 11.6. The van der Waals surface area contributed by atoms with Gasteiger partial charge in [0, 0.05) is 11.8 Å². The third kappa shape index (κ3) is 2.88. The van der Waals surface area contributed by atoms with Crippen LogP contribution in [0.2, 0.25) is 0 Å². The molecule has 3 aromatic rings. The summed E-state index contributed by atoms with van der Waals surface area (Å²) in [6, 6.07) is 15.4. The summed E-state index contributed by atoms with van der Waals surface area (Å²) in [6.07, 6.45) is 1.54. The molecule has 4 nitrogen and oxygen atoms in total. The standard InChI is InChI=1S/C17H13FN2O2/c18-13-7-4-8-14(9-13)20-11-15(12-5-2-1-3-6-12)16(19-20)10-17(21)22/h1-9,11H,10H2,(H,21,22). The summed E-state index contributed by atoms with van der Waals surface area (Å²) < 4.78 is 14.9. The van der Waals surface area contributed by atoms with Gasteiger partial charge < -0.3 is 5.11 Å². The largest absolute Gasteiger partial charge is 0.481 e. The lowest BCUT2D eigenvalue weighted by Gasteiger charge is -2.00. The molecule has 5 heteroatoms. The molecule has 1 N–H and O–H groups in total. The molecule has 0 aliphatic heterocycles. The number of carboxylic acid groups (broad SMARTS) is 1. The summed E-state index contributed by atoms with van der Waals surface area (Å²) in [5.41, 5.74) is 2.60. The van der Waals surface area contributed by atoms with Crippen molar-refractivity contribution in [3.63, 3.8) is 0 Å². The van der Waals surface area contributed by atoms with Gasteiger partial charge in [-0.05, 0) is 23.8 Å². The Morgan fingerprint density at radius 3 is 2.59 bits per heavy atom. The molecule has 0 spiro atoms. The number of aromatic nitrogens is 2. The van der Waals surface area contributed by atoms with E-state index in [-0.39, 0.29) is 12.2 Å². The minimum atomic E-state index is -0.957. The summed E-state index contributed by atoms with van der Waals surface area (Å²) in [6.45, 7) is 0. The van der Waals surface area contributed by atoms with Gasteiger partial charge in [-0.1, -0.05) is 36.4 Å². The fourth-order valence-corrected chi connectivity index (χ4v) is 2.29. The molecule has 0 atom stereocenters. The second-order valence-electron chi connectivity index (χ2n) is 4.85. The van der Waals surface area contributed by atoms with E-state index in [4.69, 9.17) is 5.11 Å². The maximum Gasteiger partial charge on any atom is 0.309 e. The van der Waals surface area contributed by atoms with E-state index in [0.29, 0.717) is 11.4 Å². The molecule has 1 heterocycles. The highest BCUT2D eigenvalue weighted by Gasteiger charge is 2.15. The SMILES string of the molecule is O=C(O)Cc1nn(-c2cccc(F)c2)cc1-c1ccccc1. The second kappa shape index (κ2) is 5.81. The van der Waals surface area contributed by atoms with Gasteiger partial charge in [-0.25, -0.2) is 9.07 Å². The zero-order valence-corrected chi connectivity index (χ0v) is 11.6. The normalized spacial score (nSPS) is 10.6. The number of carbonyl (C=O) groups is 1. The topological polar surface area (TPSA) is 55.1 Å². The first-order valence-corrected chi connectivity index (χ1v) is 6.75. The lowest BCUT2D eigenvalue weighted by Crippen LogP contribution is -2.03. The van der Waals surface area contributed by atoms with Crippen LogP contribution in [0.25, 0.3) is 16.8 Å². The van der Waals surface area contributed by atoms with Gasteiger partial charge in [0.2, 0.25) is 0 Å². The van der Waals surface area contributed by atoms with E-state index in [1.807, 2.05) is 30.3 Å². The van der Waals surface area contributed by atoms with Crippen molar-refractivity contribution < 1.29 is 14.3 Å². The van der Waals surface area contributed by atoms with Crippen LogP contribution in [0.15, 0.2) is 60.8 Å². The molecular weight excluding hydrogens is 283 g/mol. The first kappa shape index (κ1) is 14.0. The predicted molar refractivity (Wildman–Crippen MR) is 80.3 cm³/mol. The molecular formula is C17H13FN2O2. The molecule has 1 aromatic heterocycles. The maximum absolute atomic E-state index is 13.4. The Labute approximate surface area is 126 Å². The molecule has 2 aromatic carbocycles. The molecule has 0 fully saturated rings. The molecule has 0 radical (unpaired) electrons. The average molecular weight is 296 g/mol. The Hall–Kier alpha value is -2.95. The van der Waals surface area contributed by atoms with Crippen LogP contribution in [0, 0.1) is 5.82 Å². The van der Waals surface area contributed by atoms with Gasteiger partial charge in [-0.2, -0.15) is 5.10 Å². The molecule has 0 amide bonds. The third-order valence-corrected chi connectivity index (χ3v) is 3.27. The lowest BCUT2D eigenvalue weighted by molar-refractivity contribution is -0.136. The quantitative estimate of drug-likeness (QED) is 0.803. The van der Waals surface area contributed by atoms with Gasteiger partial charge in [-0.3, -0.25) is 4.79 Å². The van der Waals surface area contributed by atoms with E-state index in [1.54, 1.807) is 18.3 Å². The van der Waals surface area contributed by atoms with Crippen LogP contribution in [0.1, 0.15) is 5.69 Å². The first-order valence-electron chi connectivity index (χ1n) is 6.75. The van der Waals surface area contributed by atoms with Crippen LogP contribution in [0.5, 0.6) is 0 Å². The van der Waals surface area contributed by atoms with Crippen LogP contribution >= 0.6 is 0 Å². The number of benzene rings is 2. The fourth-order valence-electron chi connectivity index (χ4n) is 2.29. The van der Waals surface area contributed by atoms with E-state index in [0.717, 1.165) is 11.1 Å². The van der Waals surface area contributed by atoms with Gasteiger partial charge in [0.1, 0.15) is 5.82 Å². The molecule has 110 valence electrons. The number of aliphatic carboxylic acids is 1. The summed E-state index contributed by atoms with van der Waals surface area (Å²) in [5, 5.41) is 13.4. The van der Waals surface area contributed by atoms with Crippen LogP contribution in [-0.4, -0.2) is 20.9 Å². The predicted octanol–water partition coefficient (Wildman–Crippen LogP) is 3.31. The van der Waals surface area contributed by atoms with E-state index >= 15 is 0 Å². The number of hydrogen-bond acceptors (Lipinski definition) is 2. The summed E-state index contributed by atoms with van der Waals surface area (Å²) in [5.74, 6) is -1.32. The summed E-state index contributed by atoms with van der Waals surface area (Å²) >= 11 is 0. The Bertz CT molecular complexity index is 813. The number of carboxylic acids is 1. The van der Waals surface area contributed by atoms with E-state index < -0.39 is 5.97 Å². The second-order valence-corrected chi connectivity index (χ2v) is 4.85. The van der Waals surface area contributed by atoms with E-state index in [1.165, 1.54) is 16.8 Å². The Morgan fingerprint density at radius 1 is 1.14 bits per heavy atom. The molecule has 0 unspecified atom stereocenters. The van der Waals surface area contributed by atoms with E-state index in [9.17, 15) is 9.18 Å². The van der Waals surface area contributed by atoms with Gasteiger partial charge in [-0.15, -0.1) is 0 Å². The van der Waals surface area contributed by atoms with Crippen molar-refractivity contribution in [3.8, 4) is 16.8 Å². The summed E-state index contributed by atoms with van der Waals surface area (Å²) in [7, 11) is 0. The number of halogens is 1. The molecule has 0 saturated heterocycles. The molecule has 3 rings (SSSR count). The monoisotopic (exact) mass is 296 g/mol. The number of hydrogen-bond donors (Lipinski definition) is 1. The van der Waals surface area contributed by atoms with Crippen LogP contribution in [-0.2, 0) is 11.2 Å². The lowest BCUT2D eigenvalue weighted by atomic mass is 10.1. The van der Waals surface area contributed by atoms with Crippen LogP contribution in [0.3, 0.4) is 0 Å². The third-order valence-electron chi connectivity index (χ3n) is 3.27. The molecule has 0 saturated carbocycles. The molecule has 0 aliphatic rings. The maximum atomic E-state index is 13.4. The highest BCUT2D eigenvalue weighted by atomic mass is 19.1. The fraction of sp³-hybridized carbons (Fsp3) is 0.0588. The van der Waals surface area contributed by atoms with Crippen molar-refractivity contribution in [1.82, 2.24) is 9.78 Å². The average Bonchev–Trinajstić information content (AvgIpc) is 2.91. The number of rotatable bonds is 4. The van der Waals surface area contributed by atoms with Crippen LogP contribution < -0.4 is 0 Å². The zero-order chi connectivity index (χ0) is 15.5. The number of nitrogens with zero attached hydrogens (tertiary/aromatic N) is 2. The van der Waals surface area contributed by atoms with Gasteiger partial charge in [0.15, 0.2) is 0 Å². The minimum absolute atomic E-state index is 0.188. The van der Waals surface area contributed by atoms with Gasteiger partial charge >= 0.3 is 5.97 Å². The highest BCUT2D eigenvalue weighted by Crippen LogP contribution is 2.25. The molecule has 0 aliphatic carbocycles. The van der Waals surface area contributed by atoms with E-state index in [2.05, 4.69) is 5.10 Å². The Morgan fingerprint density at radius 2 is 1.91 bits per heavy atom. The van der Waals surface area contributed by atoms with Gasteiger partial charge in [0.05, 0.1) is 17.8 Å². The summed E-state index contributed by atoms with van der Waals surface area (Å²) in [4.78, 5) is 11.0. The van der Waals surface area contributed by atoms with Crippen molar-refractivity contribution in [2.45, 2.75) is 6.42 Å². The van der Waals surface area contributed by atoms with Crippen molar-refractivity contribution in [3.05, 3.63) is 72.3 Å². The minimum Gasteiger partial charge on any atom is -0.481 e. The highest BCUT2D eigenvalue weighted by molar-refractivity contribution is 5.75. The van der Waals surface area contributed by atoms with Crippen LogP contribution in [0.4, 0.5) is 4.39 Å². The Balaban J connectivity index is 2.10. The van der Waals surface area contributed by atoms with Crippen molar-refractivity contribution in [1.29, 1.82) is 0 Å². The molecule has 22 heavy (non-hydrogen) atoms. The van der Waals surface area contributed by atoms with Gasteiger partial charge in [0.25, 0.3) is 0 Å². The van der Waals surface area contributed by atoms with Crippen molar-refractivity contribution >= 4 is 5.97 Å².